The van der Waals surface area contributed by atoms with E-state index in [1.54, 1.807) is 37.2 Å². The van der Waals surface area contributed by atoms with Gasteiger partial charge in [0.25, 0.3) is 0 Å². The van der Waals surface area contributed by atoms with Crippen LogP contribution in [-0.2, 0) is 4.79 Å². The molecule has 0 aliphatic heterocycles. The van der Waals surface area contributed by atoms with Gasteiger partial charge in [-0.15, -0.1) is 0 Å². The third-order valence-corrected chi connectivity index (χ3v) is 2.07. The molecule has 1 amide bonds. The molecule has 0 saturated carbocycles. The van der Waals surface area contributed by atoms with Crippen molar-refractivity contribution in [3.8, 4) is 6.07 Å². The molecule has 84 valence electrons. The molecule has 0 aliphatic rings. The molecule has 1 aromatic carbocycles. The van der Waals surface area contributed by atoms with Crippen LogP contribution >= 0.6 is 11.6 Å². The maximum atomic E-state index is 11.5. The molecule has 1 N–H and O–H groups in total. The average Bonchev–Trinajstić information content (AvgIpc) is 2.16. The summed E-state index contributed by atoms with van der Waals surface area (Å²) < 4.78 is 0. The van der Waals surface area contributed by atoms with Crippen molar-refractivity contribution in [1.82, 2.24) is 4.90 Å². The Bertz CT molecular complexity index is 437. The minimum atomic E-state index is -0.177. The van der Waals surface area contributed by atoms with Gasteiger partial charge in [-0.1, -0.05) is 11.6 Å². The van der Waals surface area contributed by atoms with Gasteiger partial charge in [-0.05, 0) is 32.3 Å². The van der Waals surface area contributed by atoms with Gasteiger partial charge in [0.1, 0.15) is 6.07 Å². The fourth-order valence-corrected chi connectivity index (χ4v) is 1.37. The zero-order valence-electron chi connectivity index (χ0n) is 9.12. The fraction of sp³-hybridized carbons (Fsp3) is 0.273. The van der Waals surface area contributed by atoms with Crippen molar-refractivity contribution >= 4 is 23.2 Å². The van der Waals surface area contributed by atoms with Gasteiger partial charge in [0.05, 0.1) is 17.8 Å². The molecule has 1 aromatic rings. The topological polar surface area (TPSA) is 56.1 Å². The number of nitrogens with one attached hydrogen (secondary N) is 1. The Kier molecular flexibility index (Phi) is 4.29. The number of anilines is 1. The molecule has 0 radical (unpaired) electrons. The molecule has 0 bridgehead atoms. The molecule has 0 unspecified atom stereocenters. The first-order valence-electron chi connectivity index (χ1n) is 4.67. The van der Waals surface area contributed by atoms with Gasteiger partial charge in [-0.3, -0.25) is 4.79 Å². The molecule has 1 rings (SSSR count). The summed E-state index contributed by atoms with van der Waals surface area (Å²) in [5.41, 5.74) is 0.846. The standard InChI is InChI=1S/C11H12ClN3O/c1-15(2)7-11(16)14-10-5-9(12)4-3-8(10)6-13/h3-5H,7H2,1-2H3,(H,14,16). The third kappa shape index (κ3) is 3.54. The molecule has 4 nitrogen and oxygen atoms in total. The molecule has 0 spiro atoms. The number of benzene rings is 1. The van der Waals surface area contributed by atoms with E-state index in [-0.39, 0.29) is 12.5 Å². The van der Waals surface area contributed by atoms with Crippen LogP contribution in [-0.4, -0.2) is 31.4 Å². The van der Waals surface area contributed by atoms with E-state index >= 15 is 0 Å². The van der Waals surface area contributed by atoms with Crippen LogP contribution in [0.25, 0.3) is 0 Å². The van der Waals surface area contributed by atoms with E-state index in [9.17, 15) is 4.79 Å². The molecule has 16 heavy (non-hydrogen) atoms. The van der Waals surface area contributed by atoms with Crippen LogP contribution < -0.4 is 5.32 Å². The fourth-order valence-electron chi connectivity index (χ4n) is 1.19. The van der Waals surface area contributed by atoms with Crippen molar-refractivity contribution in [3.05, 3.63) is 28.8 Å². The van der Waals surface area contributed by atoms with Gasteiger partial charge < -0.3 is 10.2 Å². The first-order valence-corrected chi connectivity index (χ1v) is 5.05. The van der Waals surface area contributed by atoms with Crippen LogP contribution in [0.5, 0.6) is 0 Å². The molecule has 0 atom stereocenters. The largest absolute Gasteiger partial charge is 0.324 e. The van der Waals surface area contributed by atoms with E-state index in [1.807, 2.05) is 6.07 Å². The zero-order valence-corrected chi connectivity index (χ0v) is 9.88. The molecule has 0 aromatic heterocycles. The highest BCUT2D eigenvalue weighted by molar-refractivity contribution is 6.31. The van der Waals surface area contributed by atoms with Crippen molar-refractivity contribution in [2.75, 3.05) is 26.0 Å². The van der Waals surface area contributed by atoms with Crippen molar-refractivity contribution < 1.29 is 4.79 Å². The molecule has 0 heterocycles. The quantitative estimate of drug-likeness (QED) is 0.871. The second-order valence-corrected chi connectivity index (χ2v) is 4.02. The Hall–Kier alpha value is -1.57. The normalized spacial score (nSPS) is 9.94. The maximum Gasteiger partial charge on any atom is 0.238 e. The summed E-state index contributed by atoms with van der Waals surface area (Å²) in [4.78, 5) is 13.2. The number of nitrogens with zero attached hydrogens (tertiary/aromatic N) is 2. The van der Waals surface area contributed by atoms with E-state index in [0.717, 1.165) is 0 Å². The van der Waals surface area contributed by atoms with E-state index in [0.29, 0.717) is 16.3 Å². The molecular weight excluding hydrogens is 226 g/mol. The Labute approximate surface area is 99.4 Å². The zero-order chi connectivity index (χ0) is 12.1. The van der Waals surface area contributed by atoms with E-state index in [4.69, 9.17) is 16.9 Å². The molecular formula is C11H12ClN3O. The first kappa shape index (κ1) is 12.5. The van der Waals surface area contributed by atoms with Gasteiger partial charge in [-0.25, -0.2) is 0 Å². The summed E-state index contributed by atoms with van der Waals surface area (Å²) in [5.74, 6) is -0.177. The first-order chi connectivity index (χ1) is 7.52. The Balaban J connectivity index is 2.84. The minimum Gasteiger partial charge on any atom is -0.324 e. The smallest absolute Gasteiger partial charge is 0.238 e. The van der Waals surface area contributed by atoms with Crippen LogP contribution in [0.3, 0.4) is 0 Å². The lowest BCUT2D eigenvalue weighted by Crippen LogP contribution is -2.27. The average molecular weight is 238 g/mol. The number of rotatable bonds is 3. The lowest BCUT2D eigenvalue weighted by atomic mass is 10.2. The summed E-state index contributed by atoms with van der Waals surface area (Å²) in [6, 6.07) is 6.75. The van der Waals surface area contributed by atoms with Crippen LogP contribution in [0.4, 0.5) is 5.69 Å². The summed E-state index contributed by atoms with van der Waals surface area (Å²) >= 11 is 5.79. The van der Waals surface area contributed by atoms with Crippen LogP contribution in [0.1, 0.15) is 5.56 Å². The van der Waals surface area contributed by atoms with Crippen molar-refractivity contribution in [2.45, 2.75) is 0 Å². The number of carbonyl (C=O) groups is 1. The summed E-state index contributed by atoms with van der Waals surface area (Å²) in [6.45, 7) is 0.261. The maximum absolute atomic E-state index is 11.5. The predicted molar refractivity (Wildman–Crippen MR) is 63.4 cm³/mol. The van der Waals surface area contributed by atoms with Crippen molar-refractivity contribution in [2.24, 2.45) is 0 Å². The lowest BCUT2D eigenvalue weighted by Gasteiger charge is -2.11. The number of hydrogen-bond donors (Lipinski definition) is 1. The third-order valence-electron chi connectivity index (χ3n) is 1.84. The molecule has 5 heteroatoms. The van der Waals surface area contributed by atoms with E-state index in [2.05, 4.69) is 5.32 Å². The van der Waals surface area contributed by atoms with Gasteiger partial charge in [0.15, 0.2) is 0 Å². The van der Waals surface area contributed by atoms with Crippen LogP contribution in [0, 0.1) is 11.3 Å². The van der Waals surface area contributed by atoms with Gasteiger partial charge in [0.2, 0.25) is 5.91 Å². The lowest BCUT2D eigenvalue weighted by molar-refractivity contribution is -0.116. The number of halogens is 1. The Morgan fingerprint density at radius 2 is 2.25 bits per heavy atom. The monoisotopic (exact) mass is 237 g/mol. The Morgan fingerprint density at radius 1 is 1.56 bits per heavy atom. The molecule has 0 aliphatic carbocycles. The highest BCUT2D eigenvalue weighted by Gasteiger charge is 2.08. The van der Waals surface area contributed by atoms with E-state index < -0.39 is 0 Å². The van der Waals surface area contributed by atoms with Gasteiger partial charge in [-0.2, -0.15) is 5.26 Å². The molecule has 0 saturated heterocycles. The minimum absolute atomic E-state index is 0.177. The summed E-state index contributed by atoms with van der Waals surface area (Å²) in [7, 11) is 3.59. The number of likely N-dealkylation sites (N-methyl/N-ethyl adjacent to an activating group) is 1. The number of amides is 1. The molecule has 0 fully saturated rings. The van der Waals surface area contributed by atoms with Crippen LogP contribution in [0.15, 0.2) is 18.2 Å². The highest BCUT2D eigenvalue weighted by atomic mass is 35.5. The van der Waals surface area contributed by atoms with Crippen molar-refractivity contribution in [1.29, 1.82) is 5.26 Å². The summed E-state index contributed by atoms with van der Waals surface area (Å²) in [5, 5.41) is 12.0. The second kappa shape index (κ2) is 5.50. The number of carbonyl (C=O) groups excluding carboxylic acids is 1. The number of hydrogen-bond acceptors (Lipinski definition) is 3. The second-order valence-electron chi connectivity index (χ2n) is 3.59. The highest BCUT2D eigenvalue weighted by Crippen LogP contribution is 2.20. The van der Waals surface area contributed by atoms with E-state index in [1.165, 1.54) is 0 Å². The summed E-state index contributed by atoms with van der Waals surface area (Å²) in [6.07, 6.45) is 0. The van der Waals surface area contributed by atoms with Gasteiger partial charge >= 0.3 is 0 Å². The Morgan fingerprint density at radius 3 is 2.81 bits per heavy atom. The number of nitriles is 1. The predicted octanol–water partition coefficient (Wildman–Crippen LogP) is 1.71. The SMILES string of the molecule is CN(C)CC(=O)Nc1cc(Cl)ccc1C#N. The van der Waals surface area contributed by atoms with Crippen molar-refractivity contribution in [3.63, 3.8) is 0 Å². The van der Waals surface area contributed by atoms with Crippen LogP contribution in [0.2, 0.25) is 5.02 Å². The van der Waals surface area contributed by atoms with Gasteiger partial charge in [0, 0.05) is 5.02 Å².